The normalized spacial score (nSPS) is 15.6. The third-order valence-electron chi connectivity index (χ3n) is 5.72. The Morgan fingerprint density at radius 2 is 1.74 bits per heavy atom. The second kappa shape index (κ2) is 9.56. The molecule has 2 heterocycles. The first kappa shape index (κ1) is 21.4. The molecule has 0 spiro atoms. The summed E-state index contributed by atoms with van der Waals surface area (Å²) in [6.45, 7) is 5.89. The number of hydrogen-bond donors (Lipinski definition) is 0. The first-order valence-corrected chi connectivity index (χ1v) is 11.6. The molecule has 1 aromatic heterocycles. The zero-order valence-corrected chi connectivity index (χ0v) is 19.0. The summed E-state index contributed by atoms with van der Waals surface area (Å²) in [5, 5.41) is 9.42. The van der Waals surface area contributed by atoms with Gasteiger partial charge in [-0.3, -0.25) is 9.36 Å². The van der Waals surface area contributed by atoms with Crippen LogP contribution in [-0.4, -0.2) is 51.0 Å². The minimum absolute atomic E-state index is 0.172. The van der Waals surface area contributed by atoms with E-state index in [1.54, 1.807) is 7.11 Å². The van der Waals surface area contributed by atoms with Crippen LogP contribution in [0.25, 0.3) is 17.1 Å². The first-order chi connectivity index (χ1) is 15.1. The lowest BCUT2D eigenvalue weighted by Crippen LogP contribution is -2.41. The van der Waals surface area contributed by atoms with Crippen molar-refractivity contribution < 1.29 is 9.53 Å². The number of rotatable bonds is 6. The second-order valence-corrected chi connectivity index (χ2v) is 9.28. The lowest BCUT2D eigenvalue weighted by Gasteiger charge is -2.32. The molecule has 31 heavy (non-hydrogen) atoms. The zero-order valence-electron chi connectivity index (χ0n) is 18.2. The summed E-state index contributed by atoms with van der Waals surface area (Å²) in [5.74, 6) is 2.40. The van der Waals surface area contributed by atoms with Crippen LogP contribution < -0.4 is 4.74 Å². The Kier molecular flexibility index (Phi) is 6.61. The molecule has 6 nitrogen and oxygen atoms in total. The van der Waals surface area contributed by atoms with Gasteiger partial charge in [0.15, 0.2) is 11.0 Å². The van der Waals surface area contributed by atoms with E-state index in [0.29, 0.717) is 11.1 Å². The van der Waals surface area contributed by atoms with E-state index in [1.165, 1.54) is 11.8 Å². The zero-order chi connectivity index (χ0) is 21.8. The quantitative estimate of drug-likeness (QED) is 0.525. The summed E-state index contributed by atoms with van der Waals surface area (Å²) in [6.07, 6.45) is 2.15. The number of carbonyl (C=O) groups excluding carboxylic acids is 1. The molecule has 2 aromatic carbocycles. The third-order valence-corrected chi connectivity index (χ3v) is 6.75. The number of carbonyl (C=O) groups is 1. The minimum atomic E-state index is -0.233. The van der Waals surface area contributed by atoms with Crippen molar-refractivity contribution in [2.45, 2.75) is 37.1 Å². The molecular formula is C24H28N4O2S. The van der Waals surface area contributed by atoms with E-state index in [4.69, 9.17) is 4.74 Å². The Hall–Kier alpha value is -2.80. The maximum Gasteiger partial charge on any atom is 0.235 e. The standard InChI is InChI=1S/C24H28N4O2S/c1-17-13-15-27(16-14-17)23(29)18(2)31-24-26-25-22(19-9-11-21(30-3)12-10-19)28(24)20-7-5-4-6-8-20/h4-12,17-18H,13-16H2,1-3H3. The number of ether oxygens (including phenoxy) is 1. The SMILES string of the molecule is COc1ccc(-c2nnc(SC(C)C(=O)N3CCC(C)CC3)n2-c2ccccc2)cc1. The summed E-state index contributed by atoms with van der Waals surface area (Å²) >= 11 is 1.46. The van der Waals surface area contributed by atoms with Crippen LogP contribution in [0.4, 0.5) is 0 Å². The maximum atomic E-state index is 13.0. The van der Waals surface area contributed by atoms with Crippen LogP contribution in [0.3, 0.4) is 0 Å². The van der Waals surface area contributed by atoms with E-state index in [9.17, 15) is 4.79 Å². The van der Waals surface area contributed by atoms with Gasteiger partial charge in [-0.05, 0) is 62.1 Å². The van der Waals surface area contributed by atoms with Gasteiger partial charge >= 0.3 is 0 Å². The Balaban J connectivity index is 1.63. The van der Waals surface area contributed by atoms with Crippen molar-refractivity contribution in [1.29, 1.82) is 0 Å². The highest BCUT2D eigenvalue weighted by atomic mass is 32.2. The van der Waals surface area contributed by atoms with Gasteiger partial charge in [-0.1, -0.05) is 36.9 Å². The summed E-state index contributed by atoms with van der Waals surface area (Å²) in [4.78, 5) is 15.0. The van der Waals surface area contributed by atoms with Crippen LogP contribution in [0.5, 0.6) is 5.75 Å². The van der Waals surface area contributed by atoms with Gasteiger partial charge in [0.1, 0.15) is 5.75 Å². The van der Waals surface area contributed by atoms with Gasteiger partial charge in [0.2, 0.25) is 5.91 Å². The highest BCUT2D eigenvalue weighted by Gasteiger charge is 2.27. The lowest BCUT2D eigenvalue weighted by atomic mass is 9.99. The highest BCUT2D eigenvalue weighted by Crippen LogP contribution is 2.32. The van der Waals surface area contributed by atoms with Crippen LogP contribution >= 0.6 is 11.8 Å². The average Bonchev–Trinajstić information content (AvgIpc) is 3.23. The number of para-hydroxylation sites is 1. The summed E-state index contributed by atoms with van der Waals surface area (Å²) < 4.78 is 7.30. The molecule has 1 atom stereocenters. The molecule has 1 amide bonds. The van der Waals surface area contributed by atoms with Crippen molar-refractivity contribution in [1.82, 2.24) is 19.7 Å². The number of hydrogen-bond acceptors (Lipinski definition) is 5. The van der Waals surface area contributed by atoms with Crippen molar-refractivity contribution in [3.8, 4) is 22.8 Å². The fourth-order valence-electron chi connectivity index (χ4n) is 3.78. The van der Waals surface area contributed by atoms with Crippen LogP contribution in [0.1, 0.15) is 26.7 Å². The smallest absolute Gasteiger partial charge is 0.235 e. The minimum Gasteiger partial charge on any atom is -0.497 e. The lowest BCUT2D eigenvalue weighted by molar-refractivity contribution is -0.131. The number of thioether (sulfide) groups is 1. The molecule has 7 heteroatoms. The van der Waals surface area contributed by atoms with E-state index in [1.807, 2.05) is 71.0 Å². The largest absolute Gasteiger partial charge is 0.497 e. The van der Waals surface area contributed by atoms with Gasteiger partial charge in [0, 0.05) is 24.3 Å². The molecule has 0 aliphatic carbocycles. The molecule has 1 saturated heterocycles. The second-order valence-electron chi connectivity index (χ2n) is 7.97. The number of piperidine rings is 1. The summed E-state index contributed by atoms with van der Waals surface area (Å²) in [6, 6.07) is 17.8. The molecule has 1 aliphatic rings. The molecule has 0 bridgehead atoms. The van der Waals surface area contributed by atoms with Crippen LogP contribution in [0.15, 0.2) is 59.8 Å². The predicted octanol–water partition coefficient (Wildman–Crippen LogP) is 4.68. The van der Waals surface area contributed by atoms with Gasteiger partial charge in [-0.15, -0.1) is 10.2 Å². The number of methoxy groups -OCH3 is 1. The van der Waals surface area contributed by atoms with Crippen LogP contribution in [-0.2, 0) is 4.79 Å². The molecule has 162 valence electrons. The molecule has 1 aliphatic heterocycles. The Labute approximate surface area is 187 Å². The van der Waals surface area contributed by atoms with Gasteiger partial charge in [0.25, 0.3) is 0 Å². The number of benzene rings is 2. The van der Waals surface area contributed by atoms with Gasteiger partial charge in [0.05, 0.1) is 12.4 Å². The van der Waals surface area contributed by atoms with Crippen molar-refractivity contribution in [3.05, 3.63) is 54.6 Å². The fraction of sp³-hybridized carbons (Fsp3) is 0.375. The third kappa shape index (κ3) is 4.77. The molecule has 0 saturated carbocycles. The predicted molar refractivity (Wildman–Crippen MR) is 124 cm³/mol. The van der Waals surface area contributed by atoms with Crippen molar-refractivity contribution in [2.24, 2.45) is 5.92 Å². The number of amides is 1. The van der Waals surface area contributed by atoms with Crippen LogP contribution in [0, 0.1) is 5.92 Å². The fourth-order valence-corrected chi connectivity index (χ4v) is 4.73. The van der Waals surface area contributed by atoms with E-state index < -0.39 is 0 Å². The van der Waals surface area contributed by atoms with Crippen molar-refractivity contribution in [3.63, 3.8) is 0 Å². The Bertz CT molecular complexity index is 1010. The average molecular weight is 437 g/mol. The van der Waals surface area contributed by atoms with Crippen molar-refractivity contribution >= 4 is 17.7 Å². The van der Waals surface area contributed by atoms with E-state index >= 15 is 0 Å². The van der Waals surface area contributed by atoms with Crippen LogP contribution in [0.2, 0.25) is 0 Å². The topological polar surface area (TPSA) is 60.3 Å². The van der Waals surface area contributed by atoms with E-state index in [2.05, 4.69) is 17.1 Å². The summed E-state index contributed by atoms with van der Waals surface area (Å²) in [7, 11) is 1.65. The molecule has 0 N–H and O–H groups in total. The van der Waals surface area contributed by atoms with E-state index in [0.717, 1.165) is 48.8 Å². The Morgan fingerprint density at radius 1 is 1.06 bits per heavy atom. The molecule has 3 aromatic rings. The molecule has 1 fully saturated rings. The molecule has 1 unspecified atom stereocenters. The summed E-state index contributed by atoms with van der Waals surface area (Å²) in [5.41, 5.74) is 1.90. The van der Waals surface area contributed by atoms with E-state index in [-0.39, 0.29) is 11.2 Å². The van der Waals surface area contributed by atoms with Gasteiger partial charge < -0.3 is 9.64 Å². The number of aromatic nitrogens is 3. The molecular weight excluding hydrogens is 408 g/mol. The first-order valence-electron chi connectivity index (χ1n) is 10.7. The van der Waals surface area contributed by atoms with Gasteiger partial charge in [-0.2, -0.15) is 0 Å². The molecule has 0 radical (unpaired) electrons. The number of likely N-dealkylation sites (tertiary alicyclic amines) is 1. The number of nitrogens with zero attached hydrogens (tertiary/aromatic N) is 4. The van der Waals surface area contributed by atoms with Crippen molar-refractivity contribution in [2.75, 3.05) is 20.2 Å². The Morgan fingerprint density at radius 3 is 2.39 bits per heavy atom. The van der Waals surface area contributed by atoms with Gasteiger partial charge in [-0.25, -0.2) is 0 Å². The molecule has 4 rings (SSSR count). The highest BCUT2D eigenvalue weighted by molar-refractivity contribution is 8.00. The monoisotopic (exact) mass is 436 g/mol. The maximum absolute atomic E-state index is 13.0.